The van der Waals surface area contributed by atoms with Gasteiger partial charge in [0.15, 0.2) is 5.58 Å². The van der Waals surface area contributed by atoms with E-state index in [2.05, 4.69) is 4.98 Å². The Balaban J connectivity index is 2.23. The van der Waals surface area contributed by atoms with Gasteiger partial charge in [-0.25, -0.2) is 4.98 Å². The van der Waals surface area contributed by atoms with E-state index in [-0.39, 0.29) is 0 Å². The number of aryl methyl sites for hydroxylation is 2. The van der Waals surface area contributed by atoms with Gasteiger partial charge in [0.1, 0.15) is 5.52 Å². The molecule has 2 N–H and O–H groups in total. The van der Waals surface area contributed by atoms with E-state index in [1.165, 1.54) is 0 Å². The van der Waals surface area contributed by atoms with Crippen LogP contribution in [0.5, 0.6) is 0 Å². The maximum Gasteiger partial charge on any atom is 0.227 e. The Morgan fingerprint density at radius 1 is 1.11 bits per heavy atom. The summed E-state index contributed by atoms with van der Waals surface area (Å²) < 4.78 is 5.85. The fourth-order valence-electron chi connectivity index (χ4n) is 2.20. The quantitative estimate of drug-likeness (QED) is 0.670. The van der Waals surface area contributed by atoms with Gasteiger partial charge in [-0.05, 0) is 55.3 Å². The van der Waals surface area contributed by atoms with Gasteiger partial charge in [0.05, 0.1) is 0 Å². The highest BCUT2D eigenvalue weighted by atomic mass is 35.5. The van der Waals surface area contributed by atoms with Crippen LogP contribution >= 0.6 is 11.6 Å². The Morgan fingerprint density at radius 2 is 1.89 bits per heavy atom. The van der Waals surface area contributed by atoms with Gasteiger partial charge in [-0.3, -0.25) is 0 Å². The molecule has 3 rings (SSSR count). The molecule has 0 spiro atoms. The SMILES string of the molecule is Cc1cc(N)ccc1-c1nc2cc(Cl)cc(C)c2o1. The van der Waals surface area contributed by atoms with E-state index in [4.69, 9.17) is 21.8 Å². The maximum absolute atomic E-state index is 6.03. The third-order valence-corrected chi connectivity index (χ3v) is 3.34. The molecule has 4 heteroatoms. The number of anilines is 1. The van der Waals surface area contributed by atoms with Crippen LogP contribution < -0.4 is 5.73 Å². The number of hydrogen-bond acceptors (Lipinski definition) is 3. The standard InChI is InChI=1S/C15H13ClN2O/c1-8-6-11(17)3-4-12(8)15-18-13-7-10(16)5-9(2)14(13)19-15/h3-7H,17H2,1-2H3. The second-order valence-corrected chi connectivity index (χ2v) is 5.10. The average Bonchev–Trinajstić information content (AvgIpc) is 2.72. The van der Waals surface area contributed by atoms with Crippen molar-refractivity contribution >= 4 is 28.4 Å². The van der Waals surface area contributed by atoms with Gasteiger partial charge in [0.25, 0.3) is 0 Å². The van der Waals surface area contributed by atoms with Crippen molar-refractivity contribution in [3.05, 3.63) is 46.5 Å². The van der Waals surface area contributed by atoms with Crippen molar-refractivity contribution in [2.75, 3.05) is 5.73 Å². The molecule has 0 aliphatic heterocycles. The molecule has 3 nitrogen and oxygen atoms in total. The Hall–Kier alpha value is -2.00. The lowest BCUT2D eigenvalue weighted by atomic mass is 10.1. The monoisotopic (exact) mass is 272 g/mol. The molecular formula is C15H13ClN2O. The number of fused-ring (bicyclic) bond motifs is 1. The van der Waals surface area contributed by atoms with Gasteiger partial charge in [-0.15, -0.1) is 0 Å². The molecule has 2 aromatic carbocycles. The molecule has 0 unspecified atom stereocenters. The van der Waals surface area contributed by atoms with E-state index < -0.39 is 0 Å². The molecule has 3 aromatic rings. The van der Waals surface area contributed by atoms with E-state index in [1.54, 1.807) is 0 Å². The number of hydrogen-bond donors (Lipinski definition) is 1. The minimum atomic E-state index is 0.595. The molecule has 0 fully saturated rings. The van der Waals surface area contributed by atoms with Gasteiger partial charge in [0, 0.05) is 16.3 Å². The summed E-state index contributed by atoms with van der Waals surface area (Å²) in [7, 11) is 0. The highest BCUT2D eigenvalue weighted by molar-refractivity contribution is 6.31. The summed E-state index contributed by atoms with van der Waals surface area (Å²) in [5, 5.41) is 0.666. The van der Waals surface area contributed by atoms with Crippen LogP contribution in [0.15, 0.2) is 34.7 Å². The topological polar surface area (TPSA) is 52.0 Å². The predicted molar refractivity (Wildman–Crippen MR) is 78.3 cm³/mol. The number of nitrogen functional groups attached to an aromatic ring is 1. The summed E-state index contributed by atoms with van der Waals surface area (Å²) >= 11 is 6.03. The van der Waals surface area contributed by atoms with Gasteiger partial charge in [-0.2, -0.15) is 0 Å². The van der Waals surface area contributed by atoms with E-state index in [9.17, 15) is 0 Å². The first-order chi connectivity index (χ1) is 9.04. The number of oxazole rings is 1. The molecule has 1 aromatic heterocycles. The van der Waals surface area contributed by atoms with Gasteiger partial charge >= 0.3 is 0 Å². The number of rotatable bonds is 1. The second-order valence-electron chi connectivity index (χ2n) is 4.66. The summed E-state index contributed by atoms with van der Waals surface area (Å²) in [6.07, 6.45) is 0. The normalized spacial score (nSPS) is 11.1. The van der Waals surface area contributed by atoms with Crippen LogP contribution in [0.3, 0.4) is 0 Å². The molecule has 0 bridgehead atoms. The molecule has 0 radical (unpaired) electrons. The Labute approximate surface area is 116 Å². The molecule has 0 saturated carbocycles. The first-order valence-corrected chi connectivity index (χ1v) is 6.35. The summed E-state index contributed by atoms with van der Waals surface area (Å²) in [6, 6.07) is 9.35. The van der Waals surface area contributed by atoms with E-state index in [0.717, 1.165) is 33.5 Å². The fourth-order valence-corrected chi connectivity index (χ4v) is 2.47. The second kappa shape index (κ2) is 4.28. The van der Waals surface area contributed by atoms with Crippen molar-refractivity contribution in [3.63, 3.8) is 0 Å². The largest absolute Gasteiger partial charge is 0.436 e. The van der Waals surface area contributed by atoms with E-state index in [0.29, 0.717) is 10.9 Å². The third-order valence-electron chi connectivity index (χ3n) is 3.12. The van der Waals surface area contributed by atoms with Crippen molar-refractivity contribution < 1.29 is 4.42 Å². The van der Waals surface area contributed by atoms with Crippen LogP contribution in [0, 0.1) is 13.8 Å². The molecule has 0 saturated heterocycles. The number of halogens is 1. The number of nitrogens with zero attached hydrogens (tertiary/aromatic N) is 1. The van der Waals surface area contributed by atoms with Crippen molar-refractivity contribution in [2.24, 2.45) is 0 Å². The molecule has 1 heterocycles. The van der Waals surface area contributed by atoms with E-state index >= 15 is 0 Å². The van der Waals surface area contributed by atoms with Crippen molar-refractivity contribution in [1.29, 1.82) is 0 Å². The Bertz CT molecular complexity index is 777. The molecule has 19 heavy (non-hydrogen) atoms. The third kappa shape index (κ3) is 2.06. The van der Waals surface area contributed by atoms with Crippen LogP contribution in [0.25, 0.3) is 22.6 Å². The number of nitrogens with two attached hydrogens (primary N) is 1. The maximum atomic E-state index is 6.03. The molecule has 96 valence electrons. The fraction of sp³-hybridized carbons (Fsp3) is 0.133. The van der Waals surface area contributed by atoms with Crippen molar-refractivity contribution in [3.8, 4) is 11.5 Å². The van der Waals surface area contributed by atoms with Crippen LogP contribution in [0.2, 0.25) is 5.02 Å². The highest BCUT2D eigenvalue weighted by Crippen LogP contribution is 2.30. The highest BCUT2D eigenvalue weighted by Gasteiger charge is 2.12. The summed E-state index contributed by atoms with van der Waals surface area (Å²) in [5.41, 5.74) is 11.0. The van der Waals surface area contributed by atoms with Crippen LogP contribution in [-0.4, -0.2) is 4.98 Å². The summed E-state index contributed by atoms with van der Waals surface area (Å²) in [6.45, 7) is 3.94. The minimum absolute atomic E-state index is 0.595. The smallest absolute Gasteiger partial charge is 0.227 e. The van der Waals surface area contributed by atoms with Gasteiger partial charge in [0.2, 0.25) is 5.89 Å². The molecule has 0 aliphatic rings. The Kier molecular flexibility index (Phi) is 2.72. The zero-order chi connectivity index (χ0) is 13.6. The predicted octanol–water partition coefficient (Wildman–Crippen LogP) is 4.35. The van der Waals surface area contributed by atoms with Gasteiger partial charge < -0.3 is 10.2 Å². The van der Waals surface area contributed by atoms with Crippen molar-refractivity contribution in [2.45, 2.75) is 13.8 Å². The Morgan fingerprint density at radius 3 is 2.63 bits per heavy atom. The first kappa shape index (κ1) is 12.1. The van der Waals surface area contributed by atoms with Crippen molar-refractivity contribution in [1.82, 2.24) is 4.98 Å². The lowest BCUT2D eigenvalue weighted by molar-refractivity contribution is 0.617. The zero-order valence-corrected chi connectivity index (χ0v) is 11.5. The van der Waals surface area contributed by atoms with Gasteiger partial charge in [-0.1, -0.05) is 11.6 Å². The molecular weight excluding hydrogens is 260 g/mol. The average molecular weight is 273 g/mol. The summed E-state index contributed by atoms with van der Waals surface area (Å²) in [5.74, 6) is 0.595. The first-order valence-electron chi connectivity index (χ1n) is 5.98. The summed E-state index contributed by atoms with van der Waals surface area (Å²) in [4.78, 5) is 4.50. The lowest BCUT2D eigenvalue weighted by Crippen LogP contribution is -1.88. The van der Waals surface area contributed by atoms with Crippen LogP contribution in [0.4, 0.5) is 5.69 Å². The minimum Gasteiger partial charge on any atom is -0.436 e. The number of aromatic nitrogens is 1. The molecule has 0 amide bonds. The molecule has 0 aliphatic carbocycles. The lowest BCUT2D eigenvalue weighted by Gasteiger charge is -2.01. The zero-order valence-electron chi connectivity index (χ0n) is 10.7. The number of benzene rings is 2. The van der Waals surface area contributed by atoms with E-state index in [1.807, 2.05) is 44.2 Å². The van der Waals surface area contributed by atoms with Crippen LogP contribution in [0.1, 0.15) is 11.1 Å². The van der Waals surface area contributed by atoms with Crippen LogP contribution in [-0.2, 0) is 0 Å². The molecule has 0 atom stereocenters.